The molecule has 0 spiro atoms. The van der Waals surface area contributed by atoms with Crippen LogP contribution in [0.25, 0.3) is 0 Å². The Morgan fingerprint density at radius 2 is 1.50 bits per heavy atom. The molecule has 28 heavy (non-hydrogen) atoms. The third-order valence-corrected chi connectivity index (χ3v) is 3.61. The van der Waals surface area contributed by atoms with Crippen LogP contribution in [0.15, 0.2) is 42.5 Å². The van der Waals surface area contributed by atoms with Gasteiger partial charge >= 0.3 is 17.9 Å². The van der Waals surface area contributed by atoms with Gasteiger partial charge in [0.15, 0.2) is 0 Å². The van der Waals surface area contributed by atoms with Gasteiger partial charge in [0.1, 0.15) is 0 Å². The summed E-state index contributed by atoms with van der Waals surface area (Å²) in [7, 11) is 0. The van der Waals surface area contributed by atoms with Crippen LogP contribution in [0.2, 0.25) is 0 Å². The molecule has 2 rings (SSSR count). The Morgan fingerprint density at radius 3 is 2.07 bits per heavy atom. The summed E-state index contributed by atoms with van der Waals surface area (Å²) in [5.41, 5.74) is 1.21. The first-order chi connectivity index (χ1) is 13.5. The summed E-state index contributed by atoms with van der Waals surface area (Å²) in [4.78, 5) is 51.1. The molecule has 148 valence electrons. The summed E-state index contributed by atoms with van der Waals surface area (Å²) in [6.07, 6.45) is -2.05. The highest BCUT2D eigenvalue weighted by Gasteiger charge is 2.33. The number of hydrogen-bond acceptors (Lipinski definition) is 7. The summed E-state index contributed by atoms with van der Waals surface area (Å²) in [5, 5.41) is 0. The van der Waals surface area contributed by atoms with E-state index < -0.39 is 24.0 Å². The van der Waals surface area contributed by atoms with E-state index in [-0.39, 0.29) is 25.4 Å². The van der Waals surface area contributed by atoms with Crippen LogP contribution in [0.4, 0.5) is 0 Å². The molecule has 0 radical (unpaired) electrons. The molecule has 0 aliphatic heterocycles. The molecule has 0 atom stereocenters. The van der Waals surface area contributed by atoms with Crippen molar-refractivity contribution in [3.8, 4) is 0 Å². The van der Waals surface area contributed by atoms with Crippen LogP contribution >= 0.6 is 0 Å². The van der Waals surface area contributed by atoms with Crippen LogP contribution in [0.3, 0.4) is 0 Å². The quantitative estimate of drug-likeness (QED) is 0.302. The molecular weight excluding hydrogens is 366 g/mol. The van der Waals surface area contributed by atoms with Gasteiger partial charge in [0, 0.05) is 11.3 Å². The van der Waals surface area contributed by atoms with Gasteiger partial charge in [-0.2, -0.15) is 0 Å². The van der Waals surface area contributed by atoms with Crippen LogP contribution in [-0.2, 0) is 35.0 Å². The summed E-state index contributed by atoms with van der Waals surface area (Å²) < 4.78 is 14.4. The lowest BCUT2D eigenvalue weighted by Crippen LogP contribution is -2.38. The average Bonchev–Trinajstić information content (AvgIpc) is 3.14. The minimum Gasteiger partial charge on any atom is -0.463 e. The molecule has 1 aromatic carbocycles. The molecule has 8 nitrogen and oxygen atoms in total. The molecule has 0 saturated heterocycles. The lowest BCUT2D eigenvalue weighted by Gasteiger charge is -2.14. The van der Waals surface area contributed by atoms with E-state index in [9.17, 15) is 19.2 Å². The van der Waals surface area contributed by atoms with E-state index in [1.807, 2.05) is 0 Å². The molecule has 8 heteroatoms. The molecule has 2 aromatic rings. The highest BCUT2D eigenvalue weighted by Crippen LogP contribution is 2.11. The van der Waals surface area contributed by atoms with Crippen molar-refractivity contribution in [2.45, 2.75) is 26.4 Å². The zero-order valence-electron chi connectivity index (χ0n) is 15.6. The minimum atomic E-state index is -1.78. The van der Waals surface area contributed by atoms with E-state index in [1.54, 1.807) is 56.3 Å². The number of ether oxygens (including phenoxy) is 3. The molecule has 0 fully saturated rings. The summed E-state index contributed by atoms with van der Waals surface area (Å²) in [6, 6.07) is 11.8. The van der Waals surface area contributed by atoms with Crippen molar-refractivity contribution in [3.63, 3.8) is 0 Å². The lowest BCUT2D eigenvalue weighted by atomic mass is 10.1. The van der Waals surface area contributed by atoms with Crippen LogP contribution in [0.1, 0.15) is 35.6 Å². The summed E-state index contributed by atoms with van der Waals surface area (Å²) in [6.45, 7) is 3.17. The SMILES string of the molecule is CCOC(=O)C(OC(=O)Cc1ccc(C(=O)c2ccccc2)[nH]1)C(=O)OCC. The van der Waals surface area contributed by atoms with Gasteiger partial charge in [-0.05, 0) is 26.0 Å². The Bertz CT molecular complexity index is 823. The van der Waals surface area contributed by atoms with Crippen molar-refractivity contribution in [2.24, 2.45) is 0 Å². The van der Waals surface area contributed by atoms with E-state index >= 15 is 0 Å². The van der Waals surface area contributed by atoms with Crippen LogP contribution in [-0.4, -0.2) is 48.0 Å². The smallest absolute Gasteiger partial charge is 0.359 e. The van der Waals surface area contributed by atoms with E-state index in [4.69, 9.17) is 14.2 Å². The average molecular weight is 387 g/mol. The van der Waals surface area contributed by atoms with Crippen molar-refractivity contribution in [1.29, 1.82) is 0 Å². The third-order valence-electron chi connectivity index (χ3n) is 3.61. The molecule has 0 aliphatic carbocycles. The molecule has 0 unspecified atom stereocenters. The number of aromatic amines is 1. The highest BCUT2D eigenvalue weighted by atomic mass is 16.6. The lowest BCUT2D eigenvalue weighted by molar-refractivity contribution is -0.179. The maximum atomic E-state index is 12.4. The molecule has 0 amide bonds. The van der Waals surface area contributed by atoms with Crippen molar-refractivity contribution < 1.29 is 33.4 Å². The molecular formula is C20H21NO7. The van der Waals surface area contributed by atoms with Crippen LogP contribution in [0.5, 0.6) is 0 Å². The van der Waals surface area contributed by atoms with Gasteiger partial charge in [0.25, 0.3) is 6.10 Å². The van der Waals surface area contributed by atoms with E-state index in [1.165, 1.54) is 0 Å². The topological polar surface area (TPSA) is 112 Å². The monoisotopic (exact) mass is 387 g/mol. The number of aromatic nitrogens is 1. The first-order valence-electron chi connectivity index (χ1n) is 8.76. The predicted octanol–water partition coefficient (Wildman–Crippen LogP) is 1.83. The fourth-order valence-corrected chi connectivity index (χ4v) is 2.38. The van der Waals surface area contributed by atoms with Crippen molar-refractivity contribution in [3.05, 3.63) is 59.4 Å². The largest absolute Gasteiger partial charge is 0.463 e. The number of H-pyrrole nitrogens is 1. The van der Waals surface area contributed by atoms with E-state index in [2.05, 4.69) is 4.98 Å². The number of nitrogens with one attached hydrogen (secondary N) is 1. The Kier molecular flexibility index (Phi) is 7.50. The maximum absolute atomic E-state index is 12.4. The molecule has 1 aromatic heterocycles. The van der Waals surface area contributed by atoms with Crippen LogP contribution < -0.4 is 0 Å². The zero-order valence-corrected chi connectivity index (χ0v) is 15.6. The number of rotatable bonds is 9. The van der Waals surface area contributed by atoms with Gasteiger partial charge in [-0.3, -0.25) is 9.59 Å². The third kappa shape index (κ3) is 5.54. The van der Waals surface area contributed by atoms with Gasteiger partial charge in [-0.1, -0.05) is 30.3 Å². The molecule has 0 bridgehead atoms. The molecule has 0 saturated carbocycles. The number of ketones is 1. The second-order valence-corrected chi connectivity index (χ2v) is 5.64. The van der Waals surface area contributed by atoms with Gasteiger partial charge in [0.05, 0.1) is 25.3 Å². The van der Waals surface area contributed by atoms with Gasteiger partial charge in [-0.15, -0.1) is 0 Å². The first-order valence-corrected chi connectivity index (χ1v) is 8.76. The number of benzene rings is 1. The number of hydrogen-bond donors (Lipinski definition) is 1. The fraction of sp³-hybridized carbons (Fsp3) is 0.300. The summed E-state index contributed by atoms with van der Waals surface area (Å²) in [5.74, 6) is -3.07. The molecule has 1 N–H and O–H groups in total. The second kappa shape index (κ2) is 10.1. The van der Waals surface area contributed by atoms with Crippen LogP contribution in [0, 0.1) is 0 Å². The van der Waals surface area contributed by atoms with Gasteiger partial charge < -0.3 is 19.2 Å². The predicted molar refractivity (Wildman–Crippen MR) is 97.5 cm³/mol. The van der Waals surface area contributed by atoms with Crippen molar-refractivity contribution in [2.75, 3.05) is 13.2 Å². The van der Waals surface area contributed by atoms with Gasteiger partial charge in [0.2, 0.25) is 5.78 Å². The fourth-order valence-electron chi connectivity index (χ4n) is 2.38. The maximum Gasteiger partial charge on any atom is 0.359 e. The van der Waals surface area contributed by atoms with Gasteiger partial charge in [-0.25, -0.2) is 9.59 Å². The summed E-state index contributed by atoms with van der Waals surface area (Å²) >= 11 is 0. The van der Waals surface area contributed by atoms with Crippen molar-refractivity contribution in [1.82, 2.24) is 4.98 Å². The van der Waals surface area contributed by atoms with Crippen molar-refractivity contribution >= 4 is 23.7 Å². The zero-order chi connectivity index (χ0) is 20.5. The number of carbonyl (C=O) groups excluding carboxylic acids is 4. The molecule has 0 aliphatic rings. The first kappa shape index (κ1) is 20.9. The Labute approximate surface area is 161 Å². The normalized spacial score (nSPS) is 10.4. The highest BCUT2D eigenvalue weighted by molar-refractivity contribution is 6.07. The standard InChI is InChI=1S/C20H21NO7/c1-3-26-19(24)18(20(25)27-4-2)28-16(22)12-14-10-11-15(21-14)17(23)13-8-6-5-7-9-13/h5-11,18,21H,3-4,12H2,1-2H3. The number of esters is 3. The Balaban J connectivity index is 2.03. The minimum absolute atomic E-state index is 0.0217. The second-order valence-electron chi connectivity index (χ2n) is 5.64. The Morgan fingerprint density at radius 1 is 0.893 bits per heavy atom. The molecule has 1 heterocycles. The van der Waals surface area contributed by atoms with E-state index in [0.29, 0.717) is 17.0 Å². The number of carbonyl (C=O) groups is 4. The van der Waals surface area contributed by atoms with E-state index in [0.717, 1.165) is 0 Å². The Hall–Kier alpha value is -3.42.